The Morgan fingerprint density at radius 3 is 2.41 bits per heavy atom. The SMILES string of the molecule is O=C1N=CN=C2N=CN=C12.O=S(=O)(O)C1Cc2ccc3c4c(ccc3c2=CC1Cc1ccncc1)CC=CC=4. The fourth-order valence-electron chi connectivity index (χ4n) is 5.35. The van der Waals surface area contributed by atoms with E-state index in [0.717, 1.165) is 28.2 Å². The zero-order valence-corrected chi connectivity index (χ0v) is 21.5. The molecule has 0 spiro atoms. The van der Waals surface area contributed by atoms with Crippen LogP contribution in [0.3, 0.4) is 0 Å². The van der Waals surface area contributed by atoms with Crippen LogP contribution in [0.2, 0.25) is 0 Å². The van der Waals surface area contributed by atoms with Gasteiger partial charge < -0.3 is 0 Å². The van der Waals surface area contributed by atoms with Gasteiger partial charge in [0, 0.05) is 18.3 Å². The van der Waals surface area contributed by atoms with Crippen LogP contribution in [0.25, 0.3) is 22.9 Å². The number of carbonyl (C=O) groups excluding carboxylic acids is 1. The minimum atomic E-state index is -4.17. The molecule has 0 radical (unpaired) electrons. The van der Waals surface area contributed by atoms with Crippen molar-refractivity contribution in [2.24, 2.45) is 25.9 Å². The van der Waals surface area contributed by atoms with E-state index in [0.29, 0.717) is 18.7 Å². The van der Waals surface area contributed by atoms with Crippen molar-refractivity contribution in [1.82, 2.24) is 4.98 Å². The first-order chi connectivity index (χ1) is 18.9. The van der Waals surface area contributed by atoms with Gasteiger partial charge in [-0.15, -0.1) is 0 Å². The molecule has 39 heavy (non-hydrogen) atoms. The van der Waals surface area contributed by atoms with Gasteiger partial charge in [-0.05, 0) is 69.3 Å². The second-order valence-electron chi connectivity index (χ2n) is 9.54. The van der Waals surface area contributed by atoms with Crippen LogP contribution >= 0.6 is 0 Å². The maximum absolute atomic E-state index is 12.2. The highest BCUT2D eigenvalue weighted by atomic mass is 32.2. The second-order valence-corrected chi connectivity index (χ2v) is 11.2. The van der Waals surface area contributed by atoms with Crippen LogP contribution in [0.5, 0.6) is 0 Å². The number of fused-ring (bicyclic) bond motifs is 6. The summed E-state index contributed by atoms with van der Waals surface area (Å²) < 4.78 is 34.2. The predicted octanol–water partition coefficient (Wildman–Crippen LogP) is 2.02. The lowest BCUT2D eigenvalue weighted by atomic mass is 9.84. The Balaban J connectivity index is 0.000000231. The Morgan fingerprint density at radius 2 is 1.64 bits per heavy atom. The van der Waals surface area contributed by atoms with E-state index in [1.54, 1.807) is 12.4 Å². The fourth-order valence-corrected chi connectivity index (χ4v) is 6.36. The summed E-state index contributed by atoms with van der Waals surface area (Å²) in [5, 5.41) is 3.82. The molecule has 9 nitrogen and oxygen atoms in total. The van der Waals surface area contributed by atoms with Gasteiger partial charge in [0.25, 0.3) is 10.1 Å². The van der Waals surface area contributed by atoms with Crippen molar-refractivity contribution in [3.05, 3.63) is 88.1 Å². The summed E-state index contributed by atoms with van der Waals surface area (Å²) >= 11 is 0. The van der Waals surface area contributed by atoms with E-state index in [4.69, 9.17) is 0 Å². The molecular formula is C29H23N5O4S. The van der Waals surface area contributed by atoms with Gasteiger partial charge in [-0.25, -0.2) is 15.0 Å². The summed E-state index contributed by atoms with van der Waals surface area (Å²) in [6, 6.07) is 12.2. The second kappa shape index (κ2) is 10.0. The number of aromatic nitrogens is 1. The highest BCUT2D eigenvalue weighted by molar-refractivity contribution is 7.86. The summed E-state index contributed by atoms with van der Waals surface area (Å²) in [7, 11) is -4.17. The Morgan fingerprint density at radius 1 is 0.897 bits per heavy atom. The van der Waals surface area contributed by atoms with E-state index in [1.165, 1.54) is 28.8 Å². The average Bonchev–Trinajstić information content (AvgIpc) is 3.43. The molecule has 0 saturated heterocycles. The van der Waals surface area contributed by atoms with Crippen molar-refractivity contribution < 1.29 is 17.8 Å². The van der Waals surface area contributed by atoms with Crippen molar-refractivity contribution >= 4 is 63.2 Å². The first-order valence-corrected chi connectivity index (χ1v) is 13.9. The van der Waals surface area contributed by atoms with Crippen molar-refractivity contribution in [1.29, 1.82) is 0 Å². The summed E-state index contributed by atoms with van der Waals surface area (Å²) in [6.07, 6.45) is 16.1. The first kappa shape index (κ1) is 24.9. The number of nitrogens with zero attached hydrogens (tertiary/aromatic N) is 5. The molecule has 0 bridgehead atoms. The maximum Gasteiger partial charge on any atom is 0.301 e. The molecule has 194 valence electrons. The number of hydrogen-bond donors (Lipinski definition) is 1. The third-order valence-electron chi connectivity index (χ3n) is 7.22. The molecule has 2 atom stereocenters. The van der Waals surface area contributed by atoms with E-state index < -0.39 is 15.4 Å². The van der Waals surface area contributed by atoms with Crippen LogP contribution in [-0.2, 0) is 34.2 Å². The van der Waals surface area contributed by atoms with Crippen LogP contribution in [0.1, 0.15) is 16.7 Å². The third kappa shape index (κ3) is 4.91. The normalized spacial score (nSPS) is 20.5. The number of allylic oxidation sites excluding steroid dienone is 2. The molecule has 3 aromatic rings. The van der Waals surface area contributed by atoms with Crippen LogP contribution in [0.15, 0.2) is 80.9 Å². The standard InChI is InChI=1S/C24H21NO3S.C5H2N4O/c26-29(27,28)24-15-18-6-8-21-20-4-2-1-3-17(20)5-7-22(21)23(18)14-19(24)13-16-9-11-25-12-10-16;10-5-3-4(7-1-6-3)8-2-9-5/h1-2,4-12,14,19,24H,3,13,15H2,(H,26,27,28);1-2H. The van der Waals surface area contributed by atoms with Crippen molar-refractivity contribution in [2.75, 3.05) is 0 Å². The van der Waals surface area contributed by atoms with Crippen LogP contribution < -0.4 is 10.4 Å². The van der Waals surface area contributed by atoms with E-state index in [-0.39, 0.29) is 17.5 Å². The predicted molar refractivity (Wildman–Crippen MR) is 152 cm³/mol. The highest BCUT2D eigenvalue weighted by Crippen LogP contribution is 2.27. The first-order valence-electron chi connectivity index (χ1n) is 12.4. The van der Waals surface area contributed by atoms with Crippen LogP contribution in [0.4, 0.5) is 0 Å². The molecule has 1 aromatic heterocycles. The molecule has 7 rings (SSSR count). The minimum absolute atomic E-state index is 0.238. The summed E-state index contributed by atoms with van der Waals surface area (Å²) in [4.78, 5) is 29.3. The number of amides is 1. The number of benzene rings is 2. The van der Waals surface area contributed by atoms with Gasteiger partial charge >= 0.3 is 5.91 Å². The molecule has 1 N–H and O–H groups in total. The monoisotopic (exact) mass is 537 g/mol. The molecule has 2 aliphatic heterocycles. The van der Waals surface area contributed by atoms with E-state index in [1.807, 2.05) is 24.3 Å². The molecule has 4 aliphatic rings. The lowest BCUT2D eigenvalue weighted by Gasteiger charge is -2.27. The summed E-state index contributed by atoms with van der Waals surface area (Å²) in [5.74, 6) is -0.312. The zero-order valence-electron chi connectivity index (χ0n) is 20.7. The third-order valence-corrected chi connectivity index (χ3v) is 8.50. The number of aliphatic imine (C=N–C) groups is 4. The van der Waals surface area contributed by atoms with Gasteiger partial charge in [-0.1, -0.05) is 48.6 Å². The molecule has 10 heteroatoms. The maximum atomic E-state index is 12.2. The van der Waals surface area contributed by atoms with Crippen LogP contribution in [-0.4, -0.2) is 53.3 Å². The van der Waals surface area contributed by atoms with Crippen molar-refractivity contribution in [3.63, 3.8) is 0 Å². The number of hydrogen-bond acceptors (Lipinski definition) is 7. The quantitative estimate of drug-likeness (QED) is 0.510. The van der Waals surface area contributed by atoms with Crippen molar-refractivity contribution in [3.8, 4) is 0 Å². The van der Waals surface area contributed by atoms with Gasteiger partial charge in [0.1, 0.15) is 12.7 Å². The van der Waals surface area contributed by atoms with Gasteiger partial charge in [0.15, 0.2) is 11.5 Å². The number of rotatable bonds is 3. The van der Waals surface area contributed by atoms with Gasteiger partial charge in [-0.2, -0.15) is 13.4 Å². The molecule has 1 amide bonds. The smallest absolute Gasteiger partial charge is 0.285 e. The minimum Gasteiger partial charge on any atom is -0.285 e. The van der Waals surface area contributed by atoms with Crippen molar-refractivity contribution in [2.45, 2.75) is 24.5 Å². The number of carbonyl (C=O) groups is 1. The lowest BCUT2D eigenvalue weighted by molar-refractivity contribution is -0.111. The Hall–Kier alpha value is -4.41. The van der Waals surface area contributed by atoms with Crippen LogP contribution in [0, 0.1) is 5.92 Å². The van der Waals surface area contributed by atoms with E-state index in [9.17, 15) is 17.8 Å². The molecule has 2 aliphatic carbocycles. The zero-order chi connectivity index (χ0) is 27.0. The Bertz CT molecular complexity index is 1880. The number of pyridine rings is 1. The highest BCUT2D eigenvalue weighted by Gasteiger charge is 2.34. The summed E-state index contributed by atoms with van der Waals surface area (Å²) in [5.41, 5.74) is 3.52. The summed E-state index contributed by atoms with van der Waals surface area (Å²) in [6.45, 7) is 0. The largest absolute Gasteiger partial charge is 0.301 e. The molecule has 2 aromatic carbocycles. The average molecular weight is 538 g/mol. The molecule has 0 fully saturated rings. The van der Waals surface area contributed by atoms with Gasteiger partial charge in [-0.3, -0.25) is 14.3 Å². The van der Waals surface area contributed by atoms with E-state index in [2.05, 4.69) is 61.4 Å². The van der Waals surface area contributed by atoms with Gasteiger partial charge in [0.2, 0.25) is 0 Å². The Kier molecular flexibility index (Phi) is 6.41. The van der Waals surface area contributed by atoms with E-state index >= 15 is 0 Å². The molecule has 3 heterocycles. The molecule has 0 saturated carbocycles. The number of amidine groups is 1. The Labute approximate surface area is 224 Å². The topological polar surface area (TPSA) is 134 Å². The lowest BCUT2D eigenvalue weighted by Crippen LogP contribution is -2.38. The molecular weight excluding hydrogens is 514 g/mol. The molecule has 2 unspecified atom stereocenters. The van der Waals surface area contributed by atoms with Gasteiger partial charge in [0.05, 0.1) is 5.25 Å². The fraction of sp³-hybridized carbons (Fsp3) is 0.172.